The van der Waals surface area contributed by atoms with Gasteiger partial charge in [0.05, 0.1) is 12.0 Å². The number of nitrogens with one attached hydrogen (secondary N) is 1. The second-order valence-corrected chi connectivity index (χ2v) is 6.51. The topological polar surface area (TPSA) is 80.6 Å². The normalized spacial score (nSPS) is 11.5. The van der Waals surface area contributed by atoms with Crippen molar-refractivity contribution in [3.63, 3.8) is 0 Å². The number of furan rings is 1. The number of nitrogens with two attached hydrogens (primary N) is 1. The molecule has 2 heterocycles. The number of halogens is 1. The Morgan fingerprint density at radius 2 is 2.04 bits per heavy atom. The highest BCUT2D eigenvalue weighted by atomic mass is 35.5. The second kappa shape index (κ2) is 6.90. The lowest BCUT2D eigenvalue weighted by atomic mass is 10.2. The van der Waals surface area contributed by atoms with Gasteiger partial charge in [0.1, 0.15) is 16.3 Å². The van der Waals surface area contributed by atoms with E-state index in [1.54, 1.807) is 43.5 Å². The maximum absolute atomic E-state index is 12.3. The smallest absolute Gasteiger partial charge is 0.283 e. The summed E-state index contributed by atoms with van der Waals surface area (Å²) in [6.07, 6.45) is 1.55. The molecule has 122 valence electrons. The molecule has 1 amide bonds. The Hall–Kier alpha value is -2.57. The van der Waals surface area contributed by atoms with Crippen molar-refractivity contribution >= 4 is 40.2 Å². The molecule has 0 unspecified atom stereocenters. The number of amides is 1. The lowest BCUT2D eigenvalue weighted by Gasteiger charge is -2.00. The monoisotopic (exact) mass is 359 g/mol. The Bertz CT molecular complexity index is 883. The Morgan fingerprint density at radius 1 is 1.29 bits per heavy atom. The molecular formula is C17H14ClN3O2S. The van der Waals surface area contributed by atoms with Crippen molar-refractivity contribution in [2.24, 2.45) is 5.10 Å². The van der Waals surface area contributed by atoms with E-state index >= 15 is 0 Å². The van der Waals surface area contributed by atoms with Crippen molar-refractivity contribution in [1.29, 1.82) is 0 Å². The van der Waals surface area contributed by atoms with Gasteiger partial charge in [0.15, 0.2) is 0 Å². The van der Waals surface area contributed by atoms with E-state index in [4.69, 9.17) is 21.8 Å². The zero-order chi connectivity index (χ0) is 17.1. The summed E-state index contributed by atoms with van der Waals surface area (Å²) < 4.78 is 5.21. The fourth-order valence-corrected chi connectivity index (χ4v) is 3.16. The van der Waals surface area contributed by atoms with Crippen LogP contribution in [0.3, 0.4) is 0 Å². The van der Waals surface area contributed by atoms with Gasteiger partial charge in [-0.3, -0.25) is 4.79 Å². The first-order valence-electron chi connectivity index (χ1n) is 7.08. The number of carbonyl (C=O) groups is 1. The van der Waals surface area contributed by atoms with Crippen LogP contribution in [-0.2, 0) is 0 Å². The number of hydrazone groups is 1. The first-order valence-corrected chi connectivity index (χ1v) is 8.28. The highest BCUT2D eigenvalue weighted by Crippen LogP contribution is 2.33. The van der Waals surface area contributed by atoms with Gasteiger partial charge in [-0.05, 0) is 42.8 Å². The summed E-state index contributed by atoms with van der Waals surface area (Å²) in [5.41, 5.74) is 10.4. The highest BCUT2D eigenvalue weighted by Gasteiger charge is 2.15. The number of hydrogen-bond acceptors (Lipinski definition) is 5. The lowest BCUT2D eigenvalue weighted by molar-refractivity contribution is 0.0959. The Morgan fingerprint density at radius 3 is 2.71 bits per heavy atom. The summed E-state index contributed by atoms with van der Waals surface area (Å²) in [5.74, 6) is 0.236. The van der Waals surface area contributed by atoms with Crippen molar-refractivity contribution in [3.8, 4) is 10.4 Å². The molecule has 0 fully saturated rings. The first kappa shape index (κ1) is 16.3. The van der Waals surface area contributed by atoms with E-state index in [0.29, 0.717) is 27.1 Å². The van der Waals surface area contributed by atoms with Crippen molar-refractivity contribution in [1.82, 2.24) is 5.43 Å². The number of thiophene rings is 1. The lowest BCUT2D eigenvalue weighted by Crippen LogP contribution is -2.19. The predicted molar refractivity (Wildman–Crippen MR) is 97.6 cm³/mol. The minimum absolute atomic E-state index is 0.358. The van der Waals surface area contributed by atoms with E-state index in [-0.39, 0.29) is 5.91 Å². The number of hydrogen-bond donors (Lipinski definition) is 2. The molecule has 1 aromatic carbocycles. The van der Waals surface area contributed by atoms with Gasteiger partial charge in [-0.15, -0.1) is 11.3 Å². The van der Waals surface area contributed by atoms with Gasteiger partial charge in [0.2, 0.25) is 0 Å². The molecule has 0 saturated heterocycles. The fourth-order valence-electron chi connectivity index (χ4n) is 2.06. The van der Waals surface area contributed by atoms with Gasteiger partial charge < -0.3 is 10.2 Å². The number of carbonyl (C=O) groups excluding carboxylic acids is 1. The van der Waals surface area contributed by atoms with Crippen LogP contribution in [0.4, 0.5) is 5.69 Å². The maximum Gasteiger partial charge on any atom is 0.283 e. The molecule has 0 bridgehead atoms. The van der Waals surface area contributed by atoms with Crippen molar-refractivity contribution < 1.29 is 9.21 Å². The third-order valence-electron chi connectivity index (χ3n) is 3.30. The average molecular weight is 360 g/mol. The summed E-state index contributed by atoms with van der Waals surface area (Å²) in [4.78, 5) is 13.6. The van der Waals surface area contributed by atoms with Crippen LogP contribution in [0.25, 0.3) is 10.4 Å². The second-order valence-electron chi connectivity index (χ2n) is 5.02. The van der Waals surface area contributed by atoms with Crippen LogP contribution in [0.2, 0.25) is 5.02 Å². The molecule has 2 aromatic heterocycles. The van der Waals surface area contributed by atoms with E-state index in [1.165, 1.54) is 11.3 Å². The standard InChI is InChI=1S/C17H14ClN3O2S/c1-10(14-3-2-8-23-14)20-21-17(22)16-13(19)9-15(24-16)11-4-6-12(18)7-5-11/h2-9H,19H2,1H3,(H,21,22)/b20-10+. The molecule has 3 N–H and O–H groups in total. The van der Waals surface area contributed by atoms with E-state index in [9.17, 15) is 4.79 Å². The molecule has 0 radical (unpaired) electrons. The van der Waals surface area contributed by atoms with Crippen LogP contribution in [0.15, 0.2) is 58.2 Å². The van der Waals surface area contributed by atoms with Crippen LogP contribution >= 0.6 is 22.9 Å². The van der Waals surface area contributed by atoms with Crippen LogP contribution < -0.4 is 11.2 Å². The van der Waals surface area contributed by atoms with Gasteiger partial charge in [-0.2, -0.15) is 5.10 Å². The summed E-state index contributed by atoms with van der Waals surface area (Å²) in [5, 5.41) is 4.69. The van der Waals surface area contributed by atoms with Crippen LogP contribution in [0.1, 0.15) is 22.4 Å². The molecule has 0 aliphatic carbocycles. The summed E-state index contributed by atoms with van der Waals surface area (Å²) in [7, 11) is 0. The van der Waals surface area contributed by atoms with Crippen LogP contribution in [0.5, 0.6) is 0 Å². The minimum Gasteiger partial charge on any atom is -0.463 e. The molecule has 3 aromatic rings. The zero-order valence-electron chi connectivity index (χ0n) is 12.7. The van der Waals surface area contributed by atoms with Gasteiger partial charge in [0.25, 0.3) is 5.91 Å². The Kier molecular flexibility index (Phi) is 4.69. The van der Waals surface area contributed by atoms with E-state index in [0.717, 1.165) is 10.4 Å². The van der Waals surface area contributed by atoms with Crippen molar-refractivity contribution in [2.75, 3.05) is 5.73 Å². The van der Waals surface area contributed by atoms with Crippen molar-refractivity contribution in [3.05, 3.63) is 64.4 Å². The third kappa shape index (κ3) is 3.50. The number of rotatable bonds is 4. The zero-order valence-corrected chi connectivity index (χ0v) is 14.3. The molecule has 7 heteroatoms. The number of benzene rings is 1. The summed E-state index contributed by atoms with van der Waals surface area (Å²) in [6.45, 7) is 1.75. The van der Waals surface area contributed by atoms with Crippen molar-refractivity contribution in [2.45, 2.75) is 6.92 Å². The van der Waals surface area contributed by atoms with E-state index < -0.39 is 0 Å². The molecule has 0 spiro atoms. The minimum atomic E-state index is -0.358. The van der Waals surface area contributed by atoms with E-state index in [1.807, 2.05) is 12.1 Å². The van der Waals surface area contributed by atoms with Gasteiger partial charge >= 0.3 is 0 Å². The quantitative estimate of drug-likeness (QED) is 0.535. The molecule has 3 rings (SSSR count). The molecular weight excluding hydrogens is 346 g/mol. The molecule has 0 atom stereocenters. The largest absolute Gasteiger partial charge is 0.463 e. The highest BCUT2D eigenvalue weighted by molar-refractivity contribution is 7.18. The first-order chi connectivity index (χ1) is 11.5. The SMILES string of the molecule is C/C(=N\NC(=O)c1sc(-c2ccc(Cl)cc2)cc1N)c1ccco1. The summed E-state index contributed by atoms with van der Waals surface area (Å²) >= 11 is 7.19. The summed E-state index contributed by atoms with van der Waals surface area (Å²) in [6, 6.07) is 12.6. The number of anilines is 1. The van der Waals surface area contributed by atoms with Gasteiger partial charge in [-0.1, -0.05) is 23.7 Å². The fraction of sp³-hybridized carbons (Fsp3) is 0.0588. The average Bonchev–Trinajstić information content (AvgIpc) is 3.23. The third-order valence-corrected chi connectivity index (χ3v) is 4.75. The van der Waals surface area contributed by atoms with Gasteiger partial charge in [0, 0.05) is 9.90 Å². The molecule has 24 heavy (non-hydrogen) atoms. The Labute approximate surface area is 147 Å². The molecule has 0 aliphatic heterocycles. The predicted octanol–water partition coefficient (Wildman–Crippen LogP) is 4.40. The number of nitrogens with zero attached hydrogens (tertiary/aromatic N) is 1. The molecule has 0 saturated carbocycles. The molecule has 0 aliphatic rings. The van der Waals surface area contributed by atoms with Crippen LogP contribution in [0, 0.1) is 0 Å². The number of nitrogen functional groups attached to an aromatic ring is 1. The van der Waals surface area contributed by atoms with Crippen LogP contribution in [-0.4, -0.2) is 11.6 Å². The molecule has 5 nitrogen and oxygen atoms in total. The maximum atomic E-state index is 12.3. The van der Waals surface area contributed by atoms with Gasteiger partial charge in [-0.25, -0.2) is 5.43 Å². The Balaban J connectivity index is 1.78. The van der Waals surface area contributed by atoms with E-state index in [2.05, 4.69) is 10.5 Å².